The number of hydrogen-bond acceptors (Lipinski definition) is 4. The third-order valence-electron chi connectivity index (χ3n) is 4.29. The molecule has 1 amide bonds. The minimum atomic E-state index is 0.0824. The normalized spacial score (nSPS) is 18.6. The Bertz CT molecular complexity index is 513. The van der Waals surface area contributed by atoms with Crippen LogP contribution in [-0.2, 0) is 0 Å². The quantitative estimate of drug-likeness (QED) is 0.660. The van der Waals surface area contributed by atoms with Crippen molar-refractivity contribution in [3.05, 3.63) is 23.4 Å². The van der Waals surface area contributed by atoms with E-state index in [9.17, 15) is 4.79 Å². The molecule has 1 aliphatic heterocycles. The molecule has 0 spiro atoms. The van der Waals surface area contributed by atoms with Gasteiger partial charge in [0.2, 0.25) is 0 Å². The van der Waals surface area contributed by atoms with E-state index in [1.54, 1.807) is 6.07 Å². The Morgan fingerprint density at radius 3 is 2.62 bits per heavy atom. The van der Waals surface area contributed by atoms with Gasteiger partial charge < -0.3 is 10.3 Å². The zero-order valence-electron chi connectivity index (χ0n) is 13.4. The van der Waals surface area contributed by atoms with Crippen molar-refractivity contribution in [1.29, 1.82) is 0 Å². The summed E-state index contributed by atoms with van der Waals surface area (Å²) in [6.07, 6.45) is 1.09. The topological polar surface area (TPSA) is 71.2 Å². The van der Waals surface area contributed by atoms with E-state index in [4.69, 9.17) is 5.84 Å². The highest BCUT2D eigenvalue weighted by Crippen LogP contribution is 2.26. The number of nitrogens with zero attached hydrogens (tertiary/aromatic N) is 2. The van der Waals surface area contributed by atoms with Crippen LogP contribution in [0.4, 0.5) is 5.82 Å². The minimum absolute atomic E-state index is 0.0824. The standard InChI is InChI=1S/C16H26N4O/c1-10(2)12-5-6-20(9-12)16(21)13-7-14(11(3)4)18-15(8-13)19-17/h7-8,10-12H,5-6,9,17H2,1-4H3,(H,18,19). The van der Waals surface area contributed by atoms with Crippen molar-refractivity contribution in [1.82, 2.24) is 9.88 Å². The fourth-order valence-corrected chi connectivity index (χ4v) is 2.74. The van der Waals surface area contributed by atoms with Gasteiger partial charge in [-0.1, -0.05) is 27.7 Å². The van der Waals surface area contributed by atoms with Gasteiger partial charge in [0.1, 0.15) is 5.82 Å². The Labute approximate surface area is 126 Å². The van der Waals surface area contributed by atoms with Crippen LogP contribution in [-0.4, -0.2) is 28.9 Å². The molecule has 0 radical (unpaired) electrons. The third kappa shape index (κ3) is 3.53. The molecular weight excluding hydrogens is 264 g/mol. The average Bonchev–Trinajstić information content (AvgIpc) is 2.95. The van der Waals surface area contributed by atoms with Gasteiger partial charge in [0.25, 0.3) is 5.91 Å². The molecule has 0 aromatic carbocycles. The first kappa shape index (κ1) is 15.8. The Kier molecular flexibility index (Phi) is 4.83. The predicted molar refractivity (Wildman–Crippen MR) is 85.0 cm³/mol. The van der Waals surface area contributed by atoms with Crippen LogP contribution in [0.15, 0.2) is 12.1 Å². The lowest BCUT2D eigenvalue weighted by Gasteiger charge is -2.19. The maximum Gasteiger partial charge on any atom is 0.254 e. The number of nitrogen functional groups attached to an aromatic ring is 1. The van der Waals surface area contributed by atoms with Crippen molar-refractivity contribution in [2.45, 2.75) is 40.0 Å². The fourth-order valence-electron chi connectivity index (χ4n) is 2.74. The first-order valence-corrected chi connectivity index (χ1v) is 7.70. The van der Waals surface area contributed by atoms with E-state index in [0.29, 0.717) is 23.2 Å². The second-order valence-electron chi connectivity index (χ2n) is 6.51. The van der Waals surface area contributed by atoms with E-state index in [0.717, 1.165) is 25.2 Å². The summed E-state index contributed by atoms with van der Waals surface area (Å²) in [4.78, 5) is 19.0. The Hall–Kier alpha value is -1.62. The molecule has 1 aliphatic rings. The van der Waals surface area contributed by atoms with Crippen LogP contribution >= 0.6 is 0 Å². The smallest absolute Gasteiger partial charge is 0.254 e. The number of aromatic nitrogens is 1. The maximum atomic E-state index is 12.7. The molecule has 5 heteroatoms. The van der Waals surface area contributed by atoms with Gasteiger partial charge in [-0.3, -0.25) is 4.79 Å². The van der Waals surface area contributed by atoms with E-state index in [2.05, 4.69) is 38.1 Å². The van der Waals surface area contributed by atoms with Crippen molar-refractivity contribution in [3.63, 3.8) is 0 Å². The lowest BCUT2D eigenvalue weighted by Crippen LogP contribution is -2.29. The summed E-state index contributed by atoms with van der Waals surface area (Å²) in [6.45, 7) is 10.2. The first-order valence-electron chi connectivity index (χ1n) is 7.70. The van der Waals surface area contributed by atoms with E-state index >= 15 is 0 Å². The van der Waals surface area contributed by atoms with Gasteiger partial charge in [-0.25, -0.2) is 10.8 Å². The minimum Gasteiger partial charge on any atom is -0.338 e. The molecule has 2 rings (SSSR count). The molecule has 21 heavy (non-hydrogen) atoms. The number of pyridine rings is 1. The summed E-state index contributed by atoms with van der Waals surface area (Å²) < 4.78 is 0. The molecule has 0 bridgehead atoms. The van der Waals surface area contributed by atoms with Crippen LogP contribution in [0.2, 0.25) is 0 Å². The Balaban J connectivity index is 2.21. The summed E-state index contributed by atoms with van der Waals surface area (Å²) in [6, 6.07) is 3.62. The third-order valence-corrected chi connectivity index (χ3v) is 4.29. The van der Waals surface area contributed by atoms with Gasteiger partial charge >= 0.3 is 0 Å². The van der Waals surface area contributed by atoms with Crippen LogP contribution in [0.5, 0.6) is 0 Å². The number of anilines is 1. The van der Waals surface area contributed by atoms with Crippen molar-refractivity contribution < 1.29 is 4.79 Å². The molecular formula is C16H26N4O. The summed E-state index contributed by atoms with van der Waals surface area (Å²) in [5.41, 5.74) is 4.11. The lowest BCUT2D eigenvalue weighted by molar-refractivity contribution is 0.0784. The Morgan fingerprint density at radius 1 is 1.38 bits per heavy atom. The molecule has 1 aromatic rings. The van der Waals surface area contributed by atoms with Crippen molar-refractivity contribution >= 4 is 11.7 Å². The number of nitrogens with two attached hydrogens (primary N) is 1. The molecule has 1 saturated heterocycles. The maximum absolute atomic E-state index is 12.7. The molecule has 1 fully saturated rings. The van der Waals surface area contributed by atoms with Gasteiger partial charge in [-0.2, -0.15) is 0 Å². The molecule has 0 saturated carbocycles. The van der Waals surface area contributed by atoms with Gasteiger partial charge in [-0.05, 0) is 36.3 Å². The highest BCUT2D eigenvalue weighted by molar-refractivity contribution is 5.95. The number of nitrogens with one attached hydrogen (secondary N) is 1. The number of amides is 1. The van der Waals surface area contributed by atoms with Gasteiger partial charge in [0.15, 0.2) is 0 Å². The summed E-state index contributed by atoms with van der Waals surface area (Å²) in [7, 11) is 0. The summed E-state index contributed by atoms with van der Waals surface area (Å²) in [5.74, 6) is 7.57. The van der Waals surface area contributed by atoms with Crippen LogP contribution < -0.4 is 11.3 Å². The predicted octanol–water partition coefficient (Wildman–Crippen LogP) is 2.61. The number of carbonyl (C=O) groups excluding carboxylic acids is 1. The number of carbonyl (C=O) groups is 1. The number of hydrogen-bond donors (Lipinski definition) is 2. The number of hydrazine groups is 1. The molecule has 1 unspecified atom stereocenters. The van der Waals surface area contributed by atoms with E-state index in [1.807, 2.05) is 11.0 Å². The second-order valence-corrected chi connectivity index (χ2v) is 6.51. The van der Waals surface area contributed by atoms with Crippen molar-refractivity contribution in [2.75, 3.05) is 18.5 Å². The molecule has 116 valence electrons. The molecule has 3 N–H and O–H groups in total. The van der Waals surface area contributed by atoms with Crippen LogP contribution in [0.25, 0.3) is 0 Å². The van der Waals surface area contributed by atoms with E-state index in [-0.39, 0.29) is 11.8 Å². The van der Waals surface area contributed by atoms with Crippen LogP contribution in [0, 0.1) is 11.8 Å². The van der Waals surface area contributed by atoms with Crippen LogP contribution in [0.3, 0.4) is 0 Å². The highest BCUT2D eigenvalue weighted by atomic mass is 16.2. The van der Waals surface area contributed by atoms with Gasteiger partial charge in [0, 0.05) is 24.3 Å². The Morgan fingerprint density at radius 2 is 2.10 bits per heavy atom. The average molecular weight is 290 g/mol. The van der Waals surface area contributed by atoms with Gasteiger partial charge in [0.05, 0.1) is 0 Å². The van der Waals surface area contributed by atoms with Crippen LogP contribution in [0.1, 0.15) is 56.1 Å². The lowest BCUT2D eigenvalue weighted by atomic mass is 9.95. The van der Waals surface area contributed by atoms with Crippen molar-refractivity contribution in [2.24, 2.45) is 17.7 Å². The zero-order chi connectivity index (χ0) is 15.6. The second kappa shape index (κ2) is 6.43. The number of likely N-dealkylation sites (tertiary alicyclic amines) is 1. The van der Waals surface area contributed by atoms with E-state index in [1.165, 1.54) is 0 Å². The van der Waals surface area contributed by atoms with E-state index < -0.39 is 0 Å². The van der Waals surface area contributed by atoms with Crippen molar-refractivity contribution in [3.8, 4) is 0 Å². The molecule has 0 aliphatic carbocycles. The molecule has 2 heterocycles. The zero-order valence-corrected chi connectivity index (χ0v) is 13.4. The number of rotatable bonds is 4. The SMILES string of the molecule is CC(C)c1cc(C(=O)N2CCC(C(C)C)C2)cc(NN)n1. The summed E-state index contributed by atoms with van der Waals surface area (Å²) >= 11 is 0. The molecule has 1 aromatic heterocycles. The monoisotopic (exact) mass is 290 g/mol. The largest absolute Gasteiger partial charge is 0.338 e. The highest BCUT2D eigenvalue weighted by Gasteiger charge is 2.29. The van der Waals surface area contributed by atoms with Gasteiger partial charge in [-0.15, -0.1) is 0 Å². The summed E-state index contributed by atoms with van der Waals surface area (Å²) in [5, 5.41) is 0. The fraction of sp³-hybridized carbons (Fsp3) is 0.625. The molecule has 1 atom stereocenters. The molecule has 5 nitrogen and oxygen atoms in total. The first-order chi connectivity index (χ1) is 9.92.